The van der Waals surface area contributed by atoms with E-state index in [1.807, 2.05) is 0 Å². The molecule has 0 unspecified atom stereocenters. The average molecular weight is 415 g/mol. The molecule has 2 heterocycles. The summed E-state index contributed by atoms with van der Waals surface area (Å²) in [7, 11) is -3.46. The first kappa shape index (κ1) is 19.8. The third-order valence-corrected chi connectivity index (χ3v) is 7.11. The van der Waals surface area contributed by atoms with E-state index in [2.05, 4.69) is 10.3 Å². The third-order valence-electron chi connectivity index (χ3n) is 4.28. The molecule has 1 aromatic carbocycles. The van der Waals surface area contributed by atoms with Gasteiger partial charge in [-0.3, -0.25) is 4.79 Å². The van der Waals surface area contributed by atoms with E-state index in [0.717, 1.165) is 23.5 Å². The first-order valence-electron chi connectivity index (χ1n) is 8.53. The molecule has 0 saturated carbocycles. The van der Waals surface area contributed by atoms with Crippen molar-refractivity contribution in [3.63, 3.8) is 0 Å². The minimum absolute atomic E-state index is 0.00825. The summed E-state index contributed by atoms with van der Waals surface area (Å²) in [4.78, 5) is 16.8. The van der Waals surface area contributed by atoms with Gasteiger partial charge in [0.2, 0.25) is 15.9 Å². The van der Waals surface area contributed by atoms with Crippen molar-refractivity contribution in [1.82, 2.24) is 9.29 Å². The minimum Gasteiger partial charge on any atom is -0.301 e. The van der Waals surface area contributed by atoms with E-state index in [1.165, 1.54) is 10.4 Å². The van der Waals surface area contributed by atoms with Gasteiger partial charge in [0.1, 0.15) is 6.04 Å². The zero-order valence-electron chi connectivity index (χ0n) is 14.6. The molecule has 1 atom stereocenters. The van der Waals surface area contributed by atoms with Crippen molar-refractivity contribution in [3.05, 3.63) is 35.2 Å². The lowest BCUT2D eigenvalue weighted by Crippen LogP contribution is -2.44. The topological polar surface area (TPSA) is 79.4 Å². The van der Waals surface area contributed by atoms with Crippen LogP contribution in [0.3, 0.4) is 0 Å². The van der Waals surface area contributed by atoms with Crippen LogP contribution in [0.2, 0.25) is 0 Å². The number of hydrogen-bond acceptors (Lipinski definition) is 5. The van der Waals surface area contributed by atoms with Crippen LogP contribution < -0.4 is 5.32 Å². The Labute approximate surface area is 160 Å². The zero-order chi connectivity index (χ0) is 19.6. The number of carbonyl (C=O) groups is 1. The summed E-state index contributed by atoms with van der Waals surface area (Å²) in [5, 5.41) is 4.53. The number of halogens is 2. The summed E-state index contributed by atoms with van der Waals surface area (Å²) in [5.41, 5.74) is 0.787. The zero-order valence-corrected chi connectivity index (χ0v) is 16.2. The van der Waals surface area contributed by atoms with Gasteiger partial charge in [0.15, 0.2) is 16.8 Å². The lowest BCUT2D eigenvalue weighted by atomic mass is 10.2. The summed E-state index contributed by atoms with van der Waals surface area (Å²) in [5.74, 6) is -2.35. The highest BCUT2D eigenvalue weighted by Crippen LogP contribution is 2.28. The predicted octanol–water partition coefficient (Wildman–Crippen LogP) is 3.23. The Kier molecular flexibility index (Phi) is 5.87. The Hall–Kier alpha value is -1.91. The molecular formula is C17H19F2N3O3S2. The molecule has 1 aromatic heterocycles. The molecule has 1 fully saturated rings. The van der Waals surface area contributed by atoms with Gasteiger partial charge in [-0.25, -0.2) is 22.2 Å². The molecule has 1 saturated heterocycles. The Morgan fingerprint density at radius 3 is 2.85 bits per heavy atom. The number of aromatic nitrogens is 1. The van der Waals surface area contributed by atoms with E-state index in [9.17, 15) is 22.0 Å². The molecule has 3 rings (SSSR count). The first-order chi connectivity index (χ1) is 12.8. The first-order valence-corrected chi connectivity index (χ1v) is 11.0. The molecular weight excluding hydrogens is 396 g/mol. The maximum absolute atomic E-state index is 13.4. The number of carbonyl (C=O) groups excluding carboxylic acids is 1. The molecule has 0 aliphatic carbocycles. The highest BCUT2D eigenvalue weighted by atomic mass is 32.2. The molecule has 2 aromatic rings. The average Bonchev–Trinajstić information content (AvgIpc) is 3.27. The van der Waals surface area contributed by atoms with Gasteiger partial charge in [-0.1, -0.05) is 6.92 Å². The summed E-state index contributed by atoms with van der Waals surface area (Å²) in [6, 6.07) is 2.69. The normalized spacial score (nSPS) is 18.0. The van der Waals surface area contributed by atoms with Crippen molar-refractivity contribution in [3.8, 4) is 11.3 Å². The molecule has 27 heavy (non-hydrogen) atoms. The third kappa shape index (κ3) is 4.33. The van der Waals surface area contributed by atoms with Crippen LogP contribution in [-0.2, 0) is 14.8 Å². The number of nitrogens with one attached hydrogen (secondary N) is 1. The molecule has 0 spiro atoms. The Balaban J connectivity index is 1.73. The highest BCUT2D eigenvalue weighted by Gasteiger charge is 2.38. The molecule has 6 nitrogen and oxygen atoms in total. The number of thiazole rings is 1. The Morgan fingerprint density at radius 2 is 2.15 bits per heavy atom. The Morgan fingerprint density at radius 1 is 1.37 bits per heavy atom. The van der Waals surface area contributed by atoms with E-state index >= 15 is 0 Å². The van der Waals surface area contributed by atoms with Gasteiger partial charge in [0.05, 0.1) is 11.4 Å². The molecule has 1 N–H and O–H groups in total. The van der Waals surface area contributed by atoms with Gasteiger partial charge in [-0.05, 0) is 37.5 Å². The fraction of sp³-hybridized carbons (Fsp3) is 0.412. The largest absolute Gasteiger partial charge is 0.301 e. The molecule has 10 heteroatoms. The maximum Gasteiger partial charge on any atom is 0.244 e. The van der Waals surface area contributed by atoms with Gasteiger partial charge < -0.3 is 5.32 Å². The number of hydrogen-bond donors (Lipinski definition) is 1. The van der Waals surface area contributed by atoms with E-state index in [-0.39, 0.29) is 10.9 Å². The SMILES string of the molecule is CCCS(=O)(=O)N1CCC[C@@H]1C(=O)Nc1nc(-c2ccc(F)c(F)c2)cs1. The monoisotopic (exact) mass is 415 g/mol. The van der Waals surface area contributed by atoms with Crippen LogP contribution in [0.15, 0.2) is 23.6 Å². The summed E-state index contributed by atoms with van der Waals surface area (Å²) < 4.78 is 52.3. The number of nitrogens with zero attached hydrogens (tertiary/aromatic N) is 2. The number of rotatable bonds is 6. The second-order valence-electron chi connectivity index (χ2n) is 6.24. The van der Waals surface area contributed by atoms with Crippen molar-refractivity contribution >= 4 is 32.4 Å². The molecule has 1 amide bonds. The van der Waals surface area contributed by atoms with Crippen LogP contribution >= 0.6 is 11.3 Å². The van der Waals surface area contributed by atoms with Crippen LogP contribution in [0.25, 0.3) is 11.3 Å². The lowest BCUT2D eigenvalue weighted by molar-refractivity contribution is -0.119. The second-order valence-corrected chi connectivity index (χ2v) is 9.14. The maximum atomic E-state index is 13.4. The van der Waals surface area contributed by atoms with Gasteiger partial charge in [-0.15, -0.1) is 11.3 Å². The smallest absolute Gasteiger partial charge is 0.244 e. The fourth-order valence-corrected chi connectivity index (χ4v) is 5.49. The van der Waals surface area contributed by atoms with E-state index in [4.69, 9.17) is 0 Å². The predicted molar refractivity (Wildman–Crippen MR) is 99.9 cm³/mol. The fourth-order valence-electron chi connectivity index (χ4n) is 3.02. The molecule has 0 radical (unpaired) electrons. The lowest BCUT2D eigenvalue weighted by Gasteiger charge is -2.22. The van der Waals surface area contributed by atoms with E-state index in [0.29, 0.717) is 37.1 Å². The van der Waals surface area contributed by atoms with Gasteiger partial charge >= 0.3 is 0 Å². The van der Waals surface area contributed by atoms with Gasteiger partial charge in [0.25, 0.3) is 0 Å². The van der Waals surface area contributed by atoms with Crippen molar-refractivity contribution in [2.24, 2.45) is 0 Å². The van der Waals surface area contributed by atoms with Crippen molar-refractivity contribution in [2.75, 3.05) is 17.6 Å². The number of benzene rings is 1. The van der Waals surface area contributed by atoms with Crippen LogP contribution in [0.1, 0.15) is 26.2 Å². The quantitative estimate of drug-likeness (QED) is 0.786. The van der Waals surface area contributed by atoms with Crippen molar-refractivity contribution in [2.45, 2.75) is 32.2 Å². The van der Waals surface area contributed by atoms with E-state index in [1.54, 1.807) is 12.3 Å². The van der Waals surface area contributed by atoms with Crippen LogP contribution in [0.5, 0.6) is 0 Å². The number of amides is 1. The van der Waals surface area contributed by atoms with Gasteiger partial charge in [-0.2, -0.15) is 4.31 Å². The standard InChI is InChI=1S/C17H19F2N3O3S2/c1-2-8-27(24,25)22-7-3-4-15(22)16(23)21-17-20-14(10-26-17)11-5-6-12(18)13(19)9-11/h5-6,9-10,15H,2-4,7-8H2,1H3,(H,20,21,23)/t15-/m1/s1. The van der Waals surface area contributed by atoms with Crippen molar-refractivity contribution < 1.29 is 22.0 Å². The molecule has 146 valence electrons. The summed E-state index contributed by atoms with van der Waals surface area (Å²) in [6.07, 6.45) is 1.56. The summed E-state index contributed by atoms with van der Waals surface area (Å²) in [6.45, 7) is 2.11. The highest BCUT2D eigenvalue weighted by molar-refractivity contribution is 7.89. The number of anilines is 1. The molecule has 1 aliphatic heterocycles. The van der Waals surface area contributed by atoms with Crippen molar-refractivity contribution in [1.29, 1.82) is 0 Å². The molecule has 1 aliphatic rings. The Bertz CT molecular complexity index is 947. The minimum atomic E-state index is -3.46. The van der Waals surface area contributed by atoms with Crippen LogP contribution in [-0.4, -0.2) is 42.0 Å². The van der Waals surface area contributed by atoms with Crippen LogP contribution in [0, 0.1) is 11.6 Å². The molecule has 0 bridgehead atoms. The van der Waals surface area contributed by atoms with Gasteiger partial charge in [0, 0.05) is 17.5 Å². The second kappa shape index (κ2) is 7.99. The number of sulfonamides is 1. The van der Waals surface area contributed by atoms with E-state index < -0.39 is 33.6 Å². The van der Waals surface area contributed by atoms with Crippen LogP contribution in [0.4, 0.5) is 13.9 Å². The summed E-state index contributed by atoms with van der Waals surface area (Å²) >= 11 is 1.13.